The summed E-state index contributed by atoms with van der Waals surface area (Å²) in [6.45, 7) is 3.17. The molecule has 1 unspecified atom stereocenters. The standard InChI is InChI=1S/C16H20N4S/c1-3-8-17-13(14-10-20(2)11-18-14)9-16-19-12-6-4-5-7-15(12)21-16/h4-7,10-11,13,17H,3,8-9H2,1-2H3. The molecule has 0 saturated carbocycles. The van der Waals surface area contributed by atoms with Crippen LogP contribution < -0.4 is 5.32 Å². The number of rotatable bonds is 6. The Hall–Kier alpha value is -1.72. The van der Waals surface area contributed by atoms with Crippen LogP contribution in [0.1, 0.15) is 30.1 Å². The average Bonchev–Trinajstić information content (AvgIpc) is 3.08. The Morgan fingerprint density at radius 2 is 2.19 bits per heavy atom. The molecule has 1 N–H and O–H groups in total. The molecule has 21 heavy (non-hydrogen) atoms. The number of aromatic nitrogens is 3. The predicted octanol–water partition coefficient (Wildman–Crippen LogP) is 3.31. The Labute approximate surface area is 128 Å². The zero-order valence-electron chi connectivity index (χ0n) is 12.4. The highest BCUT2D eigenvalue weighted by Gasteiger charge is 2.16. The molecule has 3 rings (SSSR count). The van der Waals surface area contributed by atoms with E-state index in [2.05, 4.69) is 41.6 Å². The smallest absolute Gasteiger partial charge is 0.0958 e. The highest BCUT2D eigenvalue weighted by Crippen LogP contribution is 2.25. The summed E-state index contributed by atoms with van der Waals surface area (Å²) in [6.07, 6.45) is 5.94. The van der Waals surface area contributed by atoms with Gasteiger partial charge in [-0.3, -0.25) is 0 Å². The number of thiazole rings is 1. The van der Waals surface area contributed by atoms with E-state index in [1.165, 1.54) is 4.70 Å². The third-order valence-electron chi connectivity index (χ3n) is 3.44. The van der Waals surface area contributed by atoms with E-state index in [0.717, 1.165) is 35.6 Å². The molecule has 0 fully saturated rings. The van der Waals surface area contributed by atoms with E-state index in [9.17, 15) is 0 Å². The highest BCUT2D eigenvalue weighted by molar-refractivity contribution is 7.18. The van der Waals surface area contributed by atoms with Gasteiger partial charge in [-0.2, -0.15) is 0 Å². The van der Waals surface area contributed by atoms with Gasteiger partial charge in [-0.15, -0.1) is 11.3 Å². The van der Waals surface area contributed by atoms with Crippen molar-refractivity contribution in [2.24, 2.45) is 7.05 Å². The second-order valence-corrected chi connectivity index (χ2v) is 6.37. The van der Waals surface area contributed by atoms with Gasteiger partial charge in [0.1, 0.15) is 0 Å². The Morgan fingerprint density at radius 1 is 1.33 bits per heavy atom. The molecule has 4 nitrogen and oxygen atoms in total. The summed E-state index contributed by atoms with van der Waals surface area (Å²) in [5.41, 5.74) is 2.18. The molecule has 2 aromatic heterocycles. The van der Waals surface area contributed by atoms with E-state index < -0.39 is 0 Å². The van der Waals surface area contributed by atoms with E-state index in [0.29, 0.717) is 0 Å². The maximum atomic E-state index is 4.74. The molecule has 1 atom stereocenters. The molecule has 3 aromatic rings. The maximum Gasteiger partial charge on any atom is 0.0958 e. The molecule has 5 heteroatoms. The minimum Gasteiger partial charge on any atom is -0.340 e. The molecular weight excluding hydrogens is 280 g/mol. The van der Waals surface area contributed by atoms with Gasteiger partial charge in [0.05, 0.1) is 33.3 Å². The van der Waals surface area contributed by atoms with Crippen molar-refractivity contribution in [2.75, 3.05) is 6.54 Å². The van der Waals surface area contributed by atoms with Crippen LogP contribution in [0.5, 0.6) is 0 Å². The van der Waals surface area contributed by atoms with Crippen LogP contribution in [0, 0.1) is 0 Å². The van der Waals surface area contributed by atoms with E-state index in [1.54, 1.807) is 11.3 Å². The monoisotopic (exact) mass is 300 g/mol. The number of imidazole rings is 1. The van der Waals surface area contributed by atoms with Crippen molar-refractivity contribution in [3.05, 3.63) is 47.5 Å². The number of nitrogens with one attached hydrogen (secondary N) is 1. The molecule has 0 amide bonds. The van der Waals surface area contributed by atoms with Crippen molar-refractivity contribution in [3.63, 3.8) is 0 Å². The summed E-state index contributed by atoms with van der Waals surface area (Å²) >= 11 is 1.77. The summed E-state index contributed by atoms with van der Waals surface area (Å²) in [7, 11) is 2.01. The van der Waals surface area contributed by atoms with Gasteiger partial charge in [0.25, 0.3) is 0 Å². The zero-order valence-corrected chi connectivity index (χ0v) is 13.2. The van der Waals surface area contributed by atoms with Crippen molar-refractivity contribution < 1.29 is 0 Å². The van der Waals surface area contributed by atoms with Crippen LogP contribution in [-0.4, -0.2) is 21.1 Å². The Balaban J connectivity index is 1.83. The van der Waals surface area contributed by atoms with E-state index in [1.807, 2.05) is 24.0 Å². The van der Waals surface area contributed by atoms with Gasteiger partial charge in [0, 0.05) is 19.7 Å². The van der Waals surface area contributed by atoms with Crippen molar-refractivity contribution in [3.8, 4) is 0 Å². The fourth-order valence-corrected chi connectivity index (χ4v) is 3.41. The predicted molar refractivity (Wildman–Crippen MR) is 87.6 cm³/mol. The normalized spacial score (nSPS) is 12.9. The summed E-state index contributed by atoms with van der Waals surface area (Å²) in [6, 6.07) is 8.54. The van der Waals surface area contributed by atoms with Crippen molar-refractivity contribution >= 4 is 21.6 Å². The number of hydrogen-bond acceptors (Lipinski definition) is 4. The van der Waals surface area contributed by atoms with Gasteiger partial charge in [-0.1, -0.05) is 19.1 Å². The zero-order chi connectivity index (χ0) is 14.7. The fraction of sp³-hybridized carbons (Fsp3) is 0.375. The molecule has 1 aromatic carbocycles. The number of benzene rings is 1. The largest absolute Gasteiger partial charge is 0.340 e. The summed E-state index contributed by atoms with van der Waals surface area (Å²) in [5.74, 6) is 0. The minimum atomic E-state index is 0.228. The first kappa shape index (κ1) is 14.2. The molecule has 0 radical (unpaired) electrons. The minimum absolute atomic E-state index is 0.228. The van der Waals surface area contributed by atoms with Gasteiger partial charge < -0.3 is 9.88 Å². The van der Waals surface area contributed by atoms with Crippen LogP contribution in [0.25, 0.3) is 10.2 Å². The van der Waals surface area contributed by atoms with Gasteiger partial charge in [0.15, 0.2) is 0 Å². The summed E-state index contributed by atoms with van der Waals surface area (Å²) < 4.78 is 3.25. The summed E-state index contributed by atoms with van der Waals surface area (Å²) in [5, 5.41) is 4.75. The second kappa shape index (κ2) is 6.37. The van der Waals surface area contributed by atoms with Gasteiger partial charge in [-0.25, -0.2) is 9.97 Å². The maximum absolute atomic E-state index is 4.74. The van der Waals surface area contributed by atoms with Crippen molar-refractivity contribution in [1.29, 1.82) is 0 Å². The lowest BCUT2D eigenvalue weighted by Gasteiger charge is -2.14. The molecular formula is C16H20N4S. The Bertz CT molecular complexity index is 683. The SMILES string of the molecule is CCCNC(Cc1nc2ccccc2s1)c1cn(C)cn1. The first-order chi connectivity index (χ1) is 10.3. The lowest BCUT2D eigenvalue weighted by molar-refractivity contribution is 0.518. The molecule has 2 heterocycles. The first-order valence-electron chi connectivity index (χ1n) is 7.32. The molecule has 110 valence electrons. The van der Waals surface area contributed by atoms with Crippen LogP contribution in [0.3, 0.4) is 0 Å². The average molecular weight is 300 g/mol. The molecule has 0 aliphatic heterocycles. The van der Waals surface area contributed by atoms with Crippen molar-refractivity contribution in [1.82, 2.24) is 19.9 Å². The molecule has 0 saturated heterocycles. The molecule has 0 spiro atoms. The van der Waals surface area contributed by atoms with E-state index >= 15 is 0 Å². The van der Waals surface area contributed by atoms with Crippen LogP contribution >= 0.6 is 11.3 Å². The first-order valence-corrected chi connectivity index (χ1v) is 8.13. The lowest BCUT2D eigenvalue weighted by atomic mass is 10.1. The van der Waals surface area contributed by atoms with Gasteiger partial charge in [-0.05, 0) is 25.1 Å². The summed E-state index contributed by atoms with van der Waals surface area (Å²) in [4.78, 5) is 9.23. The van der Waals surface area contributed by atoms with Gasteiger partial charge >= 0.3 is 0 Å². The Morgan fingerprint density at radius 3 is 2.90 bits per heavy atom. The van der Waals surface area contributed by atoms with Crippen LogP contribution in [0.15, 0.2) is 36.8 Å². The van der Waals surface area contributed by atoms with Crippen LogP contribution in [0.2, 0.25) is 0 Å². The number of hydrogen-bond donors (Lipinski definition) is 1. The molecule has 0 aliphatic carbocycles. The lowest BCUT2D eigenvalue weighted by Crippen LogP contribution is -2.24. The van der Waals surface area contributed by atoms with E-state index in [4.69, 9.17) is 4.98 Å². The fourth-order valence-electron chi connectivity index (χ4n) is 2.39. The number of fused-ring (bicyclic) bond motifs is 1. The van der Waals surface area contributed by atoms with E-state index in [-0.39, 0.29) is 6.04 Å². The third-order valence-corrected chi connectivity index (χ3v) is 4.50. The topological polar surface area (TPSA) is 42.7 Å². The molecule has 0 aliphatic rings. The second-order valence-electron chi connectivity index (χ2n) is 5.25. The third kappa shape index (κ3) is 3.31. The van der Waals surface area contributed by atoms with Crippen LogP contribution in [0.4, 0.5) is 0 Å². The van der Waals surface area contributed by atoms with Gasteiger partial charge in [0.2, 0.25) is 0 Å². The number of nitrogens with zero attached hydrogens (tertiary/aromatic N) is 3. The number of aryl methyl sites for hydroxylation is 1. The highest BCUT2D eigenvalue weighted by atomic mass is 32.1. The molecule has 0 bridgehead atoms. The number of para-hydroxylation sites is 1. The van der Waals surface area contributed by atoms with Crippen molar-refractivity contribution in [2.45, 2.75) is 25.8 Å². The quantitative estimate of drug-likeness (QED) is 0.759. The Kier molecular flexibility index (Phi) is 4.31. The van der Waals surface area contributed by atoms with Crippen LogP contribution in [-0.2, 0) is 13.5 Å².